The number of benzene rings is 2. The Balaban J connectivity index is 0.00000261. The molecule has 0 radical (unpaired) electrons. The Hall–Kier alpha value is -1.96. The number of ether oxygens (including phenoxy) is 2. The lowest BCUT2D eigenvalue weighted by atomic mass is 10.1. The molecule has 5 nitrogen and oxygen atoms in total. The highest BCUT2D eigenvalue weighted by atomic mass is 127. The number of hydrogen-bond donors (Lipinski definition) is 1. The molecule has 0 saturated heterocycles. The van der Waals surface area contributed by atoms with Crippen LogP contribution >= 0.6 is 24.0 Å². The van der Waals surface area contributed by atoms with E-state index in [0.717, 1.165) is 49.8 Å². The van der Waals surface area contributed by atoms with Crippen molar-refractivity contribution in [2.45, 2.75) is 19.3 Å². The molecule has 0 amide bonds. The molecule has 0 aliphatic carbocycles. The number of nitrogens with zero attached hydrogens (tertiary/aromatic N) is 2. The van der Waals surface area contributed by atoms with Gasteiger partial charge in [0.2, 0.25) is 0 Å². The van der Waals surface area contributed by atoms with Crippen LogP contribution in [0.3, 0.4) is 0 Å². The number of rotatable bonds is 6. The quantitative estimate of drug-likeness (QED) is 0.295. The van der Waals surface area contributed by atoms with Crippen LogP contribution in [0.4, 0.5) is 5.69 Å². The van der Waals surface area contributed by atoms with Crippen LogP contribution in [-0.4, -0.2) is 40.3 Å². The summed E-state index contributed by atoms with van der Waals surface area (Å²) >= 11 is 0. The Labute approximate surface area is 178 Å². The lowest BCUT2D eigenvalue weighted by Crippen LogP contribution is -2.41. The van der Waals surface area contributed by atoms with Gasteiger partial charge in [-0.1, -0.05) is 24.3 Å². The summed E-state index contributed by atoms with van der Waals surface area (Å²) in [6.45, 7) is 1.86. The van der Waals surface area contributed by atoms with Gasteiger partial charge >= 0.3 is 0 Å². The molecular formula is C21H28IN3O2. The first-order chi connectivity index (χ1) is 12.8. The number of anilines is 1. The first-order valence-electron chi connectivity index (χ1n) is 9.04. The minimum Gasteiger partial charge on any atom is -0.493 e. The van der Waals surface area contributed by atoms with E-state index >= 15 is 0 Å². The van der Waals surface area contributed by atoms with Crippen molar-refractivity contribution < 1.29 is 9.47 Å². The van der Waals surface area contributed by atoms with E-state index in [1.54, 1.807) is 14.2 Å². The number of halogens is 1. The molecule has 6 heteroatoms. The molecule has 0 saturated carbocycles. The molecule has 1 N–H and O–H groups in total. The highest BCUT2D eigenvalue weighted by Gasteiger charge is 2.21. The van der Waals surface area contributed by atoms with Crippen LogP contribution in [0.2, 0.25) is 0 Å². The summed E-state index contributed by atoms with van der Waals surface area (Å²) in [5, 5.41) is 3.49. The highest BCUT2D eigenvalue weighted by Crippen LogP contribution is 2.28. The molecule has 27 heavy (non-hydrogen) atoms. The van der Waals surface area contributed by atoms with Crippen molar-refractivity contribution in [3.05, 3.63) is 53.6 Å². The number of nitrogens with one attached hydrogen (secondary N) is 1. The van der Waals surface area contributed by atoms with Crippen LogP contribution in [0.15, 0.2) is 47.5 Å². The molecule has 0 bridgehead atoms. The van der Waals surface area contributed by atoms with Gasteiger partial charge in [0.05, 0.1) is 14.2 Å². The van der Waals surface area contributed by atoms with Gasteiger partial charge in [-0.05, 0) is 48.6 Å². The van der Waals surface area contributed by atoms with Gasteiger partial charge in [-0.2, -0.15) is 0 Å². The predicted octanol–water partition coefficient (Wildman–Crippen LogP) is 3.89. The fourth-order valence-corrected chi connectivity index (χ4v) is 3.38. The van der Waals surface area contributed by atoms with E-state index in [4.69, 9.17) is 9.47 Å². The Morgan fingerprint density at radius 1 is 1.11 bits per heavy atom. The second-order valence-electron chi connectivity index (χ2n) is 6.30. The number of aliphatic imine (C=N–C) groups is 1. The molecule has 0 spiro atoms. The van der Waals surface area contributed by atoms with E-state index in [1.807, 2.05) is 19.2 Å². The van der Waals surface area contributed by atoms with Gasteiger partial charge < -0.3 is 19.7 Å². The third-order valence-corrected chi connectivity index (χ3v) is 4.73. The standard InChI is InChI=1S/C21H27N3O2.HI/c1-22-21(24-14-12-17-8-4-5-9-18(17)24)23-13-6-7-16-10-11-19(25-2)20(15-16)26-3;/h4-5,8-11,15H,6-7,12-14H2,1-3H3,(H,22,23);1H. The zero-order valence-electron chi connectivity index (χ0n) is 16.2. The zero-order chi connectivity index (χ0) is 18.4. The van der Waals surface area contributed by atoms with Crippen molar-refractivity contribution in [1.29, 1.82) is 0 Å². The molecule has 0 fully saturated rings. The van der Waals surface area contributed by atoms with Crippen molar-refractivity contribution >= 4 is 35.6 Å². The topological polar surface area (TPSA) is 46.1 Å². The second kappa shape index (κ2) is 10.4. The van der Waals surface area contributed by atoms with Crippen LogP contribution in [0, 0.1) is 0 Å². The molecular weight excluding hydrogens is 453 g/mol. The SMILES string of the molecule is CN=C(NCCCc1ccc(OC)c(OC)c1)N1CCc2ccccc21.I. The van der Waals surface area contributed by atoms with Gasteiger partial charge in [-0.3, -0.25) is 4.99 Å². The van der Waals surface area contributed by atoms with Crippen LogP contribution < -0.4 is 19.7 Å². The molecule has 2 aromatic rings. The van der Waals surface area contributed by atoms with Gasteiger partial charge in [0.25, 0.3) is 0 Å². The summed E-state index contributed by atoms with van der Waals surface area (Å²) < 4.78 is 10.7. The van der Waals surface area contributed by atoms with E-state index in [9.17, 15) is 0 Å². The number of para-hydroxylation sites is 1. The number of aryl methyl sites for hydroxylation is 1. The molecule has 3 rings (SSSR count). The molecule has 1 heterocycles. The minimum atomic E-state index is 0. The normalized spacial score (nSPS) is 13.0. The lowest BCUT2D eigenvalue weighted by molar-refractivity contribution is 0.354. The fourth-order valence-electron chi connectivity index (χ4n) is 3.38. The monoisotopic (exact) mass is 481 g/mol. The van der Waals surface area contributed by atoms with Gasteiger partial charge in [0, 0.05) is 25.8 Å². The number of fused-ring (bicyclic) bond motifs is 1. The van der Waals surface area contributed by atoms with Crippen molar-refractivity contribution in [2.24, 2.45) is 4.99 Å². The molecule has 1 aliphatic rings. The van der Waals surface area contributed by atoms with Crippen LogP contribution in [-0.2, 0) is 12.8 Å². The number of hydrogen-bond acceptors (Lipinski definition) is 3. The van der Waals surface area contributed by atoms with Crippen molar-refractivity contribution in [2.75, 3.05) is 39.3 Å². The molecule has 146 valence electrons. The molecule has 1 aliphatic heterocycles. The maximum Gasteiger partial charge on any atom is 0.198 e. The molecule has 2 aromatic carbocycles. The van der Waals surface area contributed by atoms with Crippen molar-refractivity contribution in [3.63, 3.8) is 0 Å². The van der Waals surface area contributed by atoms with Gasteiger partial charge in [-0.15, -0.1) is 24.0 Å². The number of methoxy groups -OCH3 is 2. The smallest absolute Gasteiger partial charge is 0.198 e. The van der Waals surface area contributed by atoms with Gasteiger partial charge in [-0.25, -0.2) is 0 Å². The third kappa shape index (κ3) is 5.06. The Kier molecular flexibility index (Phi) is 8.22. The van der Waals surface area contributed by atoms with Gasteiger partial charge in [0.15, 0.2) is 17.5 Å². The lowest BCUT2D eigenvalue weighted by Gasteiger charge is -2.22. The van der Waals surface area contributed by atoms with Gasteiger partial charge in [0.1, 0.15) is 0 Å². The average molecular weight is 481 g/mol. The molecule has 0 unspecified atom stereocenters. The fraction of sp³-hybridized carbons (Fsp3) is 0.381. The summed E-state index contributed by atoms with van der Waals surface area (Å²) in [6, 6.07) is 14.6. The average Bonchev–Trinajstić information content (AvgIpc) is 3.12. The van der Waals surface area contributed by atoms with Crippen LogP contribution in [0.5, 0.6) is 11.5 Å². The number of guanidine groups is 1. The second-order valence-corrected chi connectivity index (χ2v) is 6.30. The summed E-state index contributed by atoms with van der Waals surface area (Å²) in [4.78, 5) is 6.73. The van der Waals surface area contributed by atoms with Crippen LogP contribution in [0.25, 0.3) is 0 Å². The van der Waals surface area contributed by atoms with E-state index in [2.05, 4.69) is 45.5 Å². The van der Waals surface area contributed by atoms with E-state index in [-0.39, 0.29) is 24.0 Å². The van der Waals surface area contributed by atoms with Crippen LogP contribution in [0.1, 0.15) is 17.5 Å². The van der Waals surface area contributed by atoms with Crippen molar-refractivity contribution in [3.8, 4) is 11.5 Å². The maximum absolute atomic E-state index is 5.37. The Bertz CT molecular complexity index is 780. The Morgan fingerprint density at radius 2 is 1.89 bits per heavy atom. The largest absolute Gasteiger partial charge is 0.493 e. The van der Waals surface area contributed by atoms with E-state index in [0.29, 0.717) is 0 Å². The molecule has 0 aromatic heterocycles. The summed E-state index contributed by atoms with van der Waals surface area (Å²) in [5.41, 5.74) is 3.90. The summed E-state index contributed by atoms with van der Waals surface area (Å²) in [7, 11) is 5.17. The predicted molar refractivity (Wildman–Crippen MR) is 122 cm³/mol. The minimum absolute atomic E-state index is 0. The van der Waals surface area contributed by atoms with Crippen molar-refractivity contribution in [1.82, 2.24) is 5.32 Å². The highest BCUT2D eigenvalue weighted by molar-refractivity contribution is 14.0. The summed E-state index contributed by atoms with van der Waals surface area (Å²) in [5.74, 6) is 2.49. The molecule has 0 atom stereocenters. The van der Waals surface area contributed by atoms with E-state index < -0.39 is 0 Å². The zero-order valence-corrected chi connectivity index (χ0v) is 18.5. The Morgan fingerprint density at radius 3 is 2.63 bits per heavy atom. The first-order valence-corrected chi connectivity index (χ1v) is 9.04. The first kappa shape index (κ1) is 21.3. The third-order valence-electron chi connectivity index (χ3n) is 4.73. The maximum atomic E-state index is 5.37. The van der Waals surface area contributed by atoms with E-state index in [1.165, 1.54) is 16.8 Å². The summed E-state index contributed by atoms with van der Waals surface area (Å²) in [6.07, 6.45) is 3.06.